The van der Waals surface area contributed by atoms with E-state index in [-0.39, 0.29) is 16.0 Å². The summed E-state index contributed by atoms with van der Waals surface area (Å²) >= 11 is 3.83. The van der Waals surface area contributed by atoms with Gasteiger partial charge in [0.15, 0.2) is 21.6 Å². The molecule has 34 heavy (non-hydrogen) atoms. The first-order valence-corrected chi connectivity index (χ1v) is 15.1. The Hall–Kier alpha value is -1.73. The zero-order chi connectivity index (χ0) is 25.2. The van der Waals surface area contributed by atoms with Crippen molar-refractivity contribution in [3.8, 4) is 5.75 Å². The van der Waals surface area contributed by atoms with Gasteiger partial charge in [0.1, 0.15) is 0 Å². The van der Waals surface area contributed by atoms with Gasteiger partial charge in [0.25, 0.3) is 10.0 Å². The lowest BCUT2D eigenvalue weighted by molar-refractivity contribution is 0.434. The Balaban J connectivity index is 1.90. The molecule has 3 aromatic heterocycles. The van der Waals surface area contributed by atoms with E-state index in [4.69, 9.17) is 0 Å². The van der Waals surface area contributed by atoms with Crippen LogP contribution in [0.25, 0.3) is 0 Å². The highest BCUT2D eigenvalue weighted by atomic mass is 32.2. The lowest BCUT2D eigenvalue weighted by atomic mass is 10.00. The third-order valence-electron chi connectivity index (χ3n) is 5.61. The van der Waals surface area contributed by atoms with Gasteiger partial charge in [0, 0.05) is 22.8 Å². The Labute approximate surface area is 214 Å². The molecule has 1 atom stereocenters. The number of nitrogens with one attached hydrogen (secondary N) is 2. The number of anilines is 3. The molecular weight excluding hydrogens is 511 g/mol. The Morgan fingerprint density at radius 2 is 1.76 bits per heavy atom. The fourth-order valence-electron chi connectivity index (χ4n) is 3.54. The summed E-state index contributed by atoms with van der Waals surface area (Å²) in [6, 6.07) is 2.27. The molecule has 3 heterocycles. The molecule has 0 saturated heterocycles. The molecule has 0 radical (unpaired) electrons. The molecule has 0 bridgehead atoms. The minimum absolute atomic E-state index is 0.0396. The van der Waals surface area contributed by atoms with E-state index in [2.05, 4.69) is 58.5 Å². The Bertz CT molecular complexity index is 1210. The summed E-state index contributed by atoms with van der Waals surface area (Å²) in [5.74, 6) is 1.51. The zero-order valence-corrected chi connectivity index (χ0v) is 23.8. The summed E-state index contributed by atoms with van der Waals surface area (Å²) in [4.78, 5) is 1.88. The van der Waals surface area contributed by atoms with Gasteiger partial charge in [-0.25, -0.2) is 8.42 Å². The second-order valence-electron chi connectivity index (χ2n) is 8.65. The van der Waals surface area contributed by atoms with Crippen molar-refractivity contribution in [1.82, 2.24) is 13.1 Å². The molecule has 0 unspecified atom stereocenters. The lowest BCUT2D eigenvalue weighted by Gasteiger charge is -2.21. The molecule has 0 fully saturated rings. The average Bonchev–Trinajstić information content (AvgIpc) is 3.48. The van der Waals surface area contributed by atoms with Crippen LogP contribution in [0.2, 0.25) is 0 Å². The average molecular weight is 544 g/mol. The molecule has 3 N–H and O–H groups in total. The fourth-order valence-corrected chi connectivity index (χ4v) is 8.41. The lowest BCUT2D eigenvalue weighted by Crippen LogP contribution is -2.30. The quantitative estimate of drug-likeness (QED) is 0.257. The van der Waals surface area contributed by atoms with Crippen molar-refractivity contribution in [2.24, 2.45) is 5.92 Å². The molecule has 8 nitrogen and oxygen atoms in total. The maximum atomic E-state index is 13.0. The van der Waals surface area contributed by atoms with E-state index in [0.29, 0.717) is 47.1 Å². The van der Waals surface area contributed by atoms with E-state index in [0.717, 1.165) is 23.1 Å². The number of sulfonamides is 1. The molecule has 0 aliphatic rings. The van der Waals surface area contributed by atoms with Gasteiger partial charge in [0.05, 0.1) is 23.5 Å². The van der Waals surface area contributed by atoms with Crippen molar-refractivity contribution in [1.29, 1.82) is 0 Å². The Kier molecular flexibility index (Phi) is 8.61. The van der Waals surface area contributed by atoms with Gasteiger partial charge < -0.3 is 15.7 Å². The number of aryl methyl sites for hydroxylation is 1. The largest absolute Gasteiger partial charge is 0.504 e. The van der Waals surface area contributed by atoms with Crippen LogP contribution >= 0.6 is 34.4 Å². The number of rotatable bonds is 11. The summed E-state index contributed by atoms with van der Waals surface area (Å²) in [6.07, 6.45) is 0. The summed E-state index contributed by atoms with van der Waals surface area (Å²) < 4.78 is 36.0. The second-order valence-corrected chi connectivity index (χ2v) is 13.5. The molecule has 0 spiro atoms. The first-order valence-electron chi connectivity index (χ1n) is 11.3. The minimum atomic E-state index is -3.78. The summed E-state index contributed by atoms with van der Waals surface area (Å²) in [6.45, 7) is 14.7. The minimum Gasteiger partial charge on any atom is -0.504 e. The van der Waals surface area contributed by atoms with Crippen molar-refractivity contribution in [2.75, 3.05) is 23.7 Å². The van der Waals surface area contributed by atoms with Gasteiger partial charge in [0.2, 0.25) is 0 Å². The van der Waals surface area contributed by atoms with Gasteiger partial charge in [-0.15, -0.1) is 22.7 Å². The van der Waals surface area contributed by atoms with Crippen LogP contribution in [0.4, 0.5) is 17.3 Å². The number of aromatic hydroxyl groups is 1. The first kappa shape index (κ1) is 26.9. The van der Waals surface area contributed by atoms with Crippen LogP contribution < -0.4 is 10.6 Å². The van der Waals surface area contributed by atoms with Crippen molar-refractivity contribution in [2.45, 2.75) is 64.6 Å². The van der Waals surface area contributed by atoms with Crippen LogP contribution in [-0.4, -0.2) is 39.7 Å². The van der Waals surface area contributed by atoms with Gasteiger partial charge in [-0.1, -0.05) is 41.5 Å². The Morgan fingerprint density at radius 1 is 1.12 bits per heavy atom. The molecule has 0 aliphatic carbocycles. The molecule has 0 aromatic carbocycles. The van der Waals surface area contributed by atoms with E-state index >= 15 is 0 Å². The standard InChI is InChI=1S/C22H33N5O3S4/c1-8-27(9-2)34(29,30)22-19(28)18(14(7)32-22)24-21-20(25-33-26-21)23-17(13(5)6)16-10-15(11-31-16)12(3)4/h10-13,17,28H,8-9H2,1-7H3,(H,23,25)(H,24,26)/t17-/m1/s1. The van der Waals surface area contributed by atoms with Crippen LogP contribution in [0.1, 0.15) is 68.8 Å². The molecular formula is C22H33N5O3S4. The third kappa shape index (κ3) is 5.40. The molecule has 12 heteroatoms. The third-order valence-corrected chi connectivity index (χ3v) is 10.8. The summed E-state index contributed by atoms with van der Waals surface area (Å²) in [5, 5.41) is 19.7. The molecule has 3 aromatic rings. The first-order chi connectivity index (χ1) is 16.0. The van der Waals surface area contributed by atoms with Crippen LogP contribution in [0.3, 0.4) is 0 Å². The van der Waals surface area contributed by atoms with Gasteiger partial charge in [-0.3, -0.25) is 0 Å². The summed E-state index contributed by atoms with van der Waals surface area (Å²) in [7, 11) is -3.78. The maximum Gasteiger partial charge on any atom is 0.256 e. The number of hydrogen-bond donors (Lipinski definition) is 3. The fraction of sp³-hybridized carbons (Fsp3) is 0.545. The predicted octanol–water partition coefficient (Wildman–Crippen LogP) is 6.38. The van der Waals surface area contributed by atoms with Gasteiger partial charge in [-0.05, 0) is 35.8 Å². The zero-order valence-electron chi connectivity index (χ0n) is 20.5. The molecule has 188 valence electrons. The van der Waals surface area contributed by atoms with Gasteiger partial charge in [-0.2, -0.15) is 13.1 Å². The van der Waals surface area contributed by atoms with Crippen LogP contribution in [0.15, 0.2) is 15.7 Å². The van der Waals surface area contributed by atoms with Crippen molar-refractivity contribution in [3.05, 3.63) is 26.8 Å². The van der Waals surface area contributed by atoms with E-state index in [1.165, 1.54) is 14.7 Å². The highest BCUT2D eigenvalue weighted by molar-refractivity contribution is 7.91. The second kappa shape index (κ2) is 10.9. The molecule has 0 saturated carbocycles. The highest BCUT2D eigenvalue weighted by Gasteiger charge is 2.31. The highest BCUT2D eigenvalue weighted by Crippen LogP contribution is 2.45. The Morgan fingerprint density at radius 3 is 2.32 bits per heavy atom. The van der Waals surface area contributed by atoms with Crippen molar-refractivity contribution < 1.29 is 13.5 Å². The number of nitrogens with zero attached hydrogens (tertiary/aromatic N) is 3. The summed E-state index contributed by atoms with van der Waals surface area (Å²) in [5.41, 5.74) is 1.65. The van der Waals surface area contributed by atoms with E-state index < -0.39 is 10.0 Å². The monoisotopic (exact) mass is 543 g/mol. The van der Waals surface area contributed by atoms with Crippen LogP contribution in [0, 0.1) is 12.8 Å². The van der Waals surface area contributed by atoms with Crippen molar-refractivity contribution in [3.63, 3.8) is 0 Å². The molecule has 3 rings (SSSR count). The number of thiophene rings is 2. The van der Waals surface area contributed by atoms with E-state index in [9.17, 15) is 13.5 Å². The van der Waals surface area contributed by atoms with Crippen LogP contribution in [-0.2, 0) is 10.0 Å². The normalized spacial score (nSPS) is 13.2. The SMILES string of the molecule is CCN(CC)S(=O)(=O)c1sc(C)c(Nc2nsnc2N[C@@H](c2cc(C(C)C)cs2)C(C)C)c1O. The van der Waals surface area contributed by atoms with Crippen molar-refractivity contribution >= 4 is 61.7 Å². The maximum absolute atomic E-state index is 13.0. The predicted molar refractivity (Wildman–Crippen MR) is 144 cm³/mol. The number of hydrogen-bond acceptors (Lipinski definition) is 10. The van der Waals surface area contributed by atoms with E-state index in [1.807, 2.05) is 0 Å². The number of aromatic nitrogens is 2. The topological polar surface area (TPSA) is 107 Å². The van der Waals surface area contributed by atoms with E-state index in [1.54, 1.807) is 32.1 Å². The molecule has 0 aliphatic heterocycles. The smallest absolute Gasteiger partial charge is 0.256 e. The molecule has 0 amide bonds. The van der Waals surface area contributed by atoms with Crippen LogP contribution in [0.5, 0.6) is 5.75 Å². The van der Waals surface area contributed by atoms with Gasteiger partial charge >= 0.3 is 0 Å².